The lowest BCUT2D eigenvalue weighted by atomic mass is 10.2. The number of nitrogens with zero attached hydrogens (tertiary/aromatic N) is 2. The number of hydrogen-bond donors (Lipinski definition) is 1. The van der Waals surface area contributed by atoms with Gasteiger partial charge in [0.1, 0.15) is 11.5 Å². The van der Waals surface area contributed by atoms with Gasteiger partial charge >= 0.3 is 0 Å². The molecule has 0 aromatic heterocycles. The largest absolute Gasteiger partial charge is 0.352 e. The van der Waals surface area contributed by atoms with Crippen LogP contribution in [0.15, 0.2) is 65.3 Å². The molecular weight excluding hydrogens is 413 g/mol. The van der Waals surface area contributed by atoms with Gasteiger partial charge in [0.15, 0.2) is 5.17 Å². The average Bonchev–Trinajstić information content (AvgIpc) is 3.38. The van der Waals surface area contributed by atoms with Gasteiger partial charge < -0.3 is 5.32 Å². The number of hydrogen-bond acceptors (Lipinski definition) is 4. The molecule has 2 aromatic rings. The molecule has 0 saturated heterocycles. The maximum Gasteiger partial charge on any atom is 0.283 e. The summed E-state index contributed by atoms with van der Waals surface area (Å²) in [6.07, 6.45) is 6.01. The molecule has 1 aliphatic carbocycles. The van der Waals surface area contributed by atoms with Gasteiger partial charge in [-0.1, -0.05) is 54.9 Å². The molecule has 7 heteroatoms. The zero-order valence-electron chi connectivity index (χ0n) is 17.3. The fourth-order valence-electron chi connectivity index (χ4n) is 3.70. The summed E-state index contributed by atoms with van der Waals surface area (Å²) in [5.74, 6) is -0.751. The Bertz CT molecular complexity index is 1010. The van der Waals surface area contributed by atoms with Gasteiger partial charge in [0.05, 0.1) is 10.9 Å². The maximum absolute atomic E-state index is 13.4. The average molecular weight is 438 g/mol. The minimum absolute atomic E-state index is 0.0633. The van der Waals surface area contributed by atoms with Crippen molar-refractivity contribution in [3.8, 4) is 0 Å². The van der Waals surface area contributed by atoms with Crippen molar-refractivity contribution < 1.29 is 14.0 Å². The zero-order valence-corrected chi connectivity index (χ0v) is 18.1. The van der Waals surface area contributed by atoms with Crippen molar-refractivity contribution in [2.24, 2.45) is 4.99 Å². The highest BCUT2D eigenvalue weighted by molar-refractivity contribution is 8.15. The van der Waals surface area contributed by atoms with Crippen LogP contribution < -0.4 is 10.2 Å². The van der Waals surface area contributed by atoms with Crippen molar-refractivity contribution >= 4 is 40.5 Å². The highest BCUT2D eigenvalue weighted by Gasteiger charge is 2.34. The van der Waals surface area contributed by atoms with Crippen molar-refractivity contribution in [1.82, 2.24) is 5.32 Å². The third-order valence-electron chi connectivity index (χ3n) is 5.37. The van der Waals surface area contributed by atoms with E-state index in [9.17, 15) is 14.0 Å². The third kappa shape index (κ3) is 5.05. The van der Waals surface area contributed by atoms with Crippen LogP contribution in [0.5, 0.6) is 0 Å². The molecule has 1 N–H and O–H groups in total. The summed E-state index contributed by atoms with van der Waals surface area (Å²) >= 11 is 1.23. The van der Waals surface area contributed by atoms with Gasteiger partial charge in [-0.25, -0.2) is 9.38 Å². The summed E-state index contributed by atoms with van der Waals surface area (Å²) in [6, 6.07) is 15.4. The van der Waals surface area contributed by atoms with Crippen LogP contribution in [0.2, 0.25) is 0 Å². The van der Waals surface area contributed by atoms with E-state index >= 15 is 0 Å². The second-order valence-electron chi connectivity index (χ2n) is 7.70. The second-order valence-corrected chi connectivity index (χ2v) is 9.01. The van der Waals surface area contributed by atoms with Crippen molar-refractivity contribution in [1.29, 1.82) is 0 Å². The van der Waals surface area contributed by atoms with Crippen LogP contribution >= 0.6 is 11.8 Å². The van der Waals surface area contributed by atoms with Gasteiger partial charge in [0.2, 0.25) is 5.91 Å². The number of amides is 2. The first kappa shape index (κ1) is 21.3. The van der Waals surface area contributed by atoms with E-state index in [-0.39, 0.29) is 29.4 Å². The molecule has 2 amide bonds. The lowest BCUT2D eigenvalue weighted by Gasteiger charge is -2.21. The van der Waals surface area contributed by atoms with E-state index in [1.165, 1.54) is 40.9 Å². The quantitative estimate of drug-likeness (QED) is 0.687. The summed E-state index contributed by atoms with van der Waals surface area (Å²) < 4.78 is 13.4. The van der Waals surface area contributed by atoms with Crippen LogP contribution in [-0.4, -0.2) is 28.3 Å². The van der Waals surface area contributed by atoms with Crippen LogP contribution in [0.3, 0.4) is 0 Å². The van der Waals surface area contributed by atoms with E-state index in [2.05, 4.69) is 10.3 Å². The van der Waals surface area contributed by atoms with E-state index in [0.717, 1.165) is 31.2 Å². The predicted molar refractivity (Wildman–Crippen MR) is 123 cm³/mol. The van der Waals surface area contributed by atoms with Crippen LogP contribution in [0.4, 0.5) is 10.1 Å². The highest BCUT2D eigenvalue weighted by atomic mass is 32.2. The van der Waals surface area contributed by atoms with Gasteiger partial charge in [-0.15, -0.1) is 0 Å². The molecule has 0 radical (unpaired) electrons. The molecule has 1 aliphatic heterocycles. The number of carbonyl (C=O) groups is 2. The Morgan fingerprint density at radius 1 is 1.16 bits per heavy atom. The number of nitrogens with one attached hydrogen (secondary N) is 1. The third-order valence-corrected chi connectivity index (χ3v) is 6.42. The topological polar surface area (TPSA) is 61.8 Å². The number of aliphatic imine (C=N–C) groups is 1. The number of carbonyl (C=O) groups excluding carboxylic acids is 2. The van der Waals surface area contributed by atoms with Crippen molar-refractivity contribution in [3.63, 3.8) is 0 Å². The van der Waals surface area contributed by atoms with E-state index in [0.29, 0.717) is 10.9 Å². The Kier molecular flexibility index (Phi) is 6.51. The Balaban J connectivity index is 1.59. The first-order valence-corrected chi connectivity index (χ1v) is 11.3. The monoisotopic (exact) mass is 437 g/mol. The molecule has 4 rings (SSSR count). The molecule has 1 unspecified atom stereocenters. The van der Waals surface area contributed by atoms with E-state index < -0.39 is 5.25 Å². The van der Waals surface area contributed by atoms with Crippen molar-refractivity contribution in [2.45, 2.75) is 43.9 Å². The number of rotatable bonds is 5. The Labute approximate surface area is 185 Å². The standard InChI is InChI=1S/C24H24FN3O2S/c1-16(22(29)26-19-9-5-6-10-19)31-24-27-21(15-17-7-3-2-4-8-17)23(30)28(24)20-13-11-18(25)12-14-20/h2-4,7-8,11-16,19H,5-6,9-10H2,1H3,(H,26,29)/b21-15-. The molecule has 160 valence electrons. The zero-order chi connectivity index (χ0) is 21.8. The Morgan fingerprint density at radius 2 is 1.84 bits per heavy atom. The minimum atomic E-state index is -0.425. The Morgan fingerprint density at radius 3 is 2.52 bits per heavy atom. The summed E-state index contributed by atoms with van der Waals surface area (Å²) in [4.78, 5) is 31.8. The highest BCUT2D eigenvalue weighted by Crippen LogP contribution is 2.31. The fourth-order valence-corrected chi connectivity index (χ4v) is 4.64. The second kappa shape index (κ2) is 9.47. The minimum Gasteiger partial charge on any atom is -0.352 e. The summed E-state index contributed by atoms with van der Waals surface area (Å²) in [5.41, 5.74) is 1.64. The normalized spacial score (nSPS) is 19.0. The molecule has 1 heterocycles. The van der Waals surface area contributed by atoms with E-state index in [1.807, 2.05) is 37.3 Å². The lowest BCUT2D eigenvalue weighted by molar-refractivity contribution is -0.121. The lowest BCUT2D eigenvalue weighted by Crippen LogP contribution is -2.39. The summed E-state index contributed by atoms with van der Waals surface area (Å²) in [6.45, 7) is 1.81. The first-order valence-electron chi connectivity index (χ1n) is 10.4. The number of anilines is 1. The molecule has 1 fully saturated rings. The molecule has 2 aromatic carbocycles. The van der Waals surface area contributed by atoms with Gasteiger partial charge in [-0.2, -0.15) is 0 Å². The molecule has 5 nitrogen and oxygen atoms in total. The molecule has 0 spiro atoms. The first-order chi connectivity index (χ1) is 15.0. The predicted octanol–water partition coefficient (Wildman–Crippen LogP) is 4.75. The van der Waals surface area contributed by atoms with Gasteiger partial charge in [0, 0.05) is 6.04 Å². The maximum atomic E-state index is 13.4. The number of benzene rings is 2. The van der Waals surface area contributed by atoms with Gasteiger partial charge in [-0.05, 0) is 55.7 Å². The van der Waals surface area contributed by atoms with E-state index in [4.69, 9.17) is 0 Å². The molecule has 31 heavy (non-hydrogen) atoms. The van der Waals surface area contributed by atoms with Crippen molar-refractivity contribution in [3.05, 3.63) is 71.7 Å². The fraction of sp³-hybridized carbons (Fsp3) is 0.292. The van der Waals surface area contributed by atoms with Crippen LogP contribution in [0.25, 0.3) is 6.08 Å². The van der Waals surface area contributed by atoms with E-state index in [1.54, 1.807) is 6.08 Å². The molecule has 1 atom stereocenters. The summed E-state index contributed by atoms with van der Waals surface area (Å²) in [5, 5.41) is 3.08. The Hall–Kier alpha value is -2.93. The number of halogens is 1. The molecule has 2 aliphatic rings. The van der Waals surface area contributed by atoms with Crippen LogP contribution in [-0.2, 0) is 9.59 Å². The van der Waals surface area contributed by atoms with Crippen molar-refractivity contribution in [2.75, 3.05) is 4.90 Å². The van der Waals surface area contributed by atoms with Gasteiger partial charge in [-0.3, -0.25) is 14.5 Å². The number of amidine groups is 1. The van der Waals surface area contributed by atoms with Gasteiger partial charge in [0.25, 0.3) is 5.91 Å². The molecule has 1 saturated carbocycles. The van der Waals surface area contributed by atoms with Crippen LogP contribution in [0, 0.1) is 5.82 Å². The molecular formula is C24H24FN3O2S. The molecule has 0 bridgehead atoms. The smallest absolute Gasteiger partial charge is 0.283 e. The number of thioether (sulfide) groups is 1. The SMILES string of the molecule is CC(SC1=N/C(=C\c2ccccc2)C(=O)N1c1ccc(F)cc1)C(=O)NC1CCCC1. The summed E-state index contributed by atoms with van der Waals surface area (Å²) in [7, 11) is 0. The van der Waals surface area contributed by atoms with Crippen LogP contribution in [0.1, 0.15) is 38.2 Å².